The molecule has 2 heterocycles. The predicted molar refractivity (Wildman–Crippen MR) is 116 cm³/mol. The van der Waals surface area contributed by atoms with Crippen molar-refractivity contribution in [1.29, 1.82) is 0 Å². The highest BCUT2D eigenvalue weighted by molar-refractivity contribution is 7.98. The summed E-state index contributed by atoms with van der Waals surface area (Å²) < 4.78 is 0. The van der Waals surface area contributed by atoms with E-state index in [9.17, 15) is 4.79 Å². The van der Waals surface area contributed by atoms with E-state index in [2.05, 4.69) is 46.3 Å². The molecule has 4 rings (SSSR count). The fourth-order valence-electron chi connectivity index (χ4n) is 3.77. The Kier molecular flexibility index (Phi) is 5.81. The Morgan fingerprint density at radius 3 is 2.71 bits per heavy atom. The van der Waals surface area contributed by atoms with Gasteiger partial charge in [-0.05, 0) is 36.5 Å². The summed E-state index contributed by atoms with van der Waals surface area (Å²) in [6.45, 7) is 3.71. The summed E-state index contributed by atoms with van der Waals surface area (Å²) in [6, 6.07) is 18.8. The number of hydrogen-bond donors (Lipinski definition) is 1. The Balaban J connectivity index is 1.59. The number of para-hydroxylation sites is 1. The average molecular weight is 392 g/mol. The highest BCUT2D eigenvalue weighted by Gasteiger charge is 2.19. The first-order chi connectivity index (χ1) is 13.7. The zero-order chi connectivity index (χ0) is 19.3. The lowest BCUT2D eigenvalue weighted by atomic mass is 10.0. The summed E-state index contributed by atoms with van der Waals surface area (Å²) in [5, 5.41) is 0.700. The van der Waals surface area contributed by atoms with Crippen molar-refractivity contribution in [3.8, 4) is 0 Å². The van der Waals surface area contributed by atoms with Gasteiger partial charge in [-0.2, -0.15) is 0 Å². The van der Waals surface area contributed by atoms with Crippen LogP contribution in [0.15, 0.2) is 64.5 Å². The molecule has 144 valence electrons. The number of aromatic nitrogens is 2. The Bertz CT molecular complexity index is 1000. The molecule has 2 aromatic carbocycles. The minimum Gasteiger partial charge on any atom is -0.365 e. The van der Waals surface area contributed by atoms with Gasteiger partial charge in [-0.25, -0.2) is 4.98 Å². The topological polar surface area (TPSA) is 49.0 Å². The number of thioether (sulfide) groups is 1. The van der Waals surface area contributed by atoms with Gasteiger partial charge >= 0.3 is 0 Å². The second-order valence-electron chi connectivity index (χ2n) is 7.08. The number of anilines is 1. The molecule has 0 spiro atoms. The normalized spacial score (nSPS) is 13.4. The van der Waals surface area contributed by atoms with E-state index in [1.54, 1.807) is 11.8 Å². The largest absolute Gasteiger partial charge is 0.365 e. The van der Waals surface area contributed by atoms with Gasteiger partial charge < -0.3 is 9.88 Å². The number of hydrogen-bond acceptors (Lipinski definition) is 4. The first-order valence-corrected chi connectivity index (χ1v) is 10.8. The van der Waals surface area contributed by atoms with Crippen LogP contribution >= 0.6 is 11.8 Å². The van der Waals surface area contributed by atoms with Gasteiger partial charge in [0.1, 0.15) is 0 Å². The second kappa shape index (κ2) is 8.65. The lowest BCUT2D eigenvalue weighted by Gasteiger charge is -2.31. The number of nitrogens with zero attached hydrogens (tertiary/aromatic N) is 2. The highest BCUT2D eigenvalue weighted by Crippen LogP contribution is 2.28. The van der Waals surface area contributed by atoms with E-state index in [0.717, 1.165) is 36.4 Å². The molecule has 28 heavy (non-hydrogen) atoms. The van der Waals surface area contributed by atoms with Crippen molar-refractivity contribution in [2.75, 3.05) is 11.4 Å². The van der Waals surface area contributed by atoms with Crippen molar-refractivity contribution in [3.05, 3.63) is 87.3 Å². The molecule has 5 heteroatoms. The second-order valence-corrected chi connectivity index (χ2v) is 8.04. The van der Waals surface area contributed by atoms with Crippen LogP contribution < -0.4 is 10.5 Å². The molecule has 4 nitrogen and oxygen atoms in total. The van der Waals surface area contributed by atoms with Crippen molar-refractivity contribution < 1.29 is 0 Å². The van der Waals surface area contributed by atoms with Crippen LogP contribution in [-0.2, 0) is 25.1 Å². The molecule has 0 bridgehead atoms. The van der Waals surface area contributed by atoms with E-state index in [1.165, 1.54) is 16.8 Å². The smallest absolute Gasteiger partial charge is 0.255 e. The van der Waals surface area contributed by atoms with Gasteiger partial charge in [-0.3, -0.25) is 4.79 Å². The average Bonchev–Trinajstić information content (AvgIpc) is 2.73. The number of H-pyrrole nitrogens is 1. The summed E-state index contributed by atoms with van der Waals surface area (Å²) in [6.07, 6.45) is 2.95. The van der Waals surface area contributed by atoms with E-state index >= 15 is 0 Å². The third kappa shape index (κ3) is 4.14. The quantitative estimate of drug-likeness (QED) is 0.494. The Labute approximate surface area is 170 Å². The molecule has 1 aliphatic rings. The van der Waals surface area contributed by atoms with Crippen molar-refractivity contribution in [1.82, 2.24) is 9.97 Å². The van der Waals surface area contributed by atoms with Crippen molar-refractivity contribution in [2.24, 2.45) is 0 Å². The minimum absolute atomic E-state index is 0.00615. The van der Waals surface area contributed by atoms with Crippen LogP contribution in [-0.4, -0.2) is 16.5 Å². The molecule has 0 saturated carbocycles. The molecule has 3 aromatic rings. The monoisotopic (exact) mass is 391 g/mol. The van der Waals surface area contributed by atoms with Crippen molar-refractivity contribution >= 4 is 17.4 Å². The molecule has 0 saturated heterocycles. The Morgan fingerprint density at radius 2 is 1.89 bits per heavy atom. The van der Waals surface area contributed by atoms with Crippen LogP contribution in [0.1, 0.15) is 35.7 Å². The van der Waals surface area contributed by atoms with Crippen LogP contribution in [0, 0.1) is 0 Å². The third-order valence-corrected chi connectivity index (χ3v) is 6.14. The van der Waals surface area contributed by atoms with Gasteiger partial charge in [0.25, 0.3) is 5.56 Å². The molecule has 0 aliphatic carbocycles. The molecule has 0 atom stereocenters. The summed E-state index contributed by atoms with van der Waals surface area (Å²) >= 11 is 1.58. The molecule has 1 aromatic heterocycles. The predicted octanol–water partition coefficient (Wildman–Crippen LogP) is 4.58. The Hall–Kier alpha value is -2.53. The van der Waals surface area contributed by atoms with Crippen LogP contribution in [0.5, 0.6) is 0 Å². The number of aryl methyl sites for hydroxylation is 1. The Morgan fingerprint density at radius 1 is 1.11 bits per heavy atom. The highest BCUT2D eigenvalue weighted by atomic mass is 32.2. The van der Waals surface area contributed by atoms with Gasteiger partial charge in [-0.15, -0.1) is 0 Å². The summed E-state index contributed by atoms with van der Waals surface area (Å²) in [5.74, 6) is 0.793. The lowest BCUT2D eigenvalue weighted by molar-refractivity contribution is 0.670. The van der Waals surface area contributed by atoms with E-state index in [4.69, 9.17) is 4.98 Å². The van der Waals surface area contributed by atoms with Gasteiger partial charge in [-0.1, -0.05) is 67.2 Å². The van der Waals surface area contributed by atoms with Gasteiger partial charge in [0.15, 0.2) is 5.16 Å². The van der Waals surface area contributed by atoms with Crippen molar-refractivity contribution in [3.63, 3.8) is 0 Å². The van der Waals surface area contributed by atoms with Crippen LogP contribution in [0.2, 0.25) is 0 Å². The SMILES string of the molecule is CCc1c(CN2CCCc3ccccc32)nc(SCc2ccccc2)[nH]c1=O. The molecule has 0 fully saturated rings. The van der Waals surface area contributed by atoms with E-state index < -0.39 is 0 Å². The summed E-state index contributed by atoms with van der Waals surface area (Å²) in [4.78, 5) is 22.9. The maximum Gasteiger partial charge on any atom is 0.255 e. The van der Waals surface area contributed by atoms with E-state index in [0.29, 0.717) is 18.1 Å². The maximum absolute atomic E-state index is 12.7. The number of nitrogens with one attached hydrogen (secondary N) is 1. The van der Waals surface area contributed by atoms with Gasteiger partial charge in [0.05, 0.1) is 12.2 Å². The van der Waals surface area contributed by atoms with Gasteiger partial charge in [0, 0.05) is 23.5 Å². The van der Waals surface area contributed by atoms with Crippen molar-refractivity contribution in [2.45, 2.75) is 43.6 Å². The number of aromatic amines is 1. The molecule has 0 amide bonds. The lowest BCUT2D eigenvalue weighted by Crippen LogP contribution is -2.31. The molecule has 0 unspecified atom stereocenters. The standard InChI is InChI=1S/C23H25N3OS/c1-2-19-20(15-26-14-8-12-18-11-6-7-13-21(18)26)24-23(25-22(19)27)28-16-17-9-4-3-5-10-17/h3-7,9-11,13H,2,8,12,14-16H2,1H3,(H,24,25,27). The zero-order valence-electron chi connectivity index (χ0n) is 16.1. The minimum atomic E-state index is -0.00615. The third-order valence-electron chi connectivity index (χ3n) is 5.20. The molecule has 0 radical (unpaired) electrons. The molecular formula is C23H25N3OS. The first kappa shape index (κ1) is 18.8. The zero-order valence-corrected chi connectivity index (χ0v) is 17.0. The molecule has 1 N–H and O–H groups in total. The molecule has 1 aliphatic heterocycles. The van der Waals surface area contributed by atoms with Crippen LogP contribution in [0.3, 0.4) is 0 Å². The number of benzene rings is 2. The number of fused-ring (bicyclic) bond motifs is 1. The van der Waals surface area contributed by atoms with Gasteiger partial charge in [0.2, 0.25) is 0 Å². The summed E-state index contributed by atoms with van der Waals surface area (Å²) in [5.41, 5.74) is 5.58. The molecular weight excluding hydrogens is 366 g/mol. The van der Waals surface area contributed by atoms with Crippen LogP contribution in [0.25, 0.3) is 0 Å². The van der Waals surface area contributed by atoms with Crippen LogP contribution in [0.4, 0.5) is 5.69 Å². The fraction of sp³-hybridized carbons (Fsp3) is 0.304. The van der Waals surface area contributed by atoms with E-state index in [1.807, 2.05) is 25.1 Å². The first-order valence-electron chi connectivity index (χ1n) is 9.86. The van der Waals surface area contributed by atoms with E-state index in [-0.39, 0.29) is 5.56 Å². The fourth-order valence-corrected chi connectivity index (χ4v) is 4.60. The summed E-state index contributed by atoms with van der Waals surface area (Å²) in [7, 11) is 0. The number of rotatable bonds is 6. The maximum atomic E-state index is 12.7.